The van der Waals surface area contributed by atoms with E-state index in [-0.39, 0.29) is 11.7 Å². The van der Waals surface area contributed by atoms with Crippen LogP contribution in [0, 0.1) is 5.82 Å². The second-order valence-corrected chi connectivity index (χ2v) is 4.32. The molecule has 6 nitrogen and oxygen atoms in total. The number of rotatable bonds is 6. The van der Waals surface area contributed by atoms with Gasteiger partial charge in [-0.2, -0.15) is 4.98 Å². The average molecular weight is 292 g/mol. The minimum absolute atomic E-state index is 0.286. The molecule has 0 radical (unpaired) electrons. The van der Waals surface area contributed by atoms with Crippen LogP contribution in [0.5, 0.6) is 11.8 Å². The van der Waals surface area contributed by atoms with Crippen LogP contribution in [0.3, 0.4) is 0 Å². The number of nitrogens with zero attached hydrogens (tertiary/aromatic N) is 2. The van der Waals surface area contributed by atoms with Gasteiger partial charge in [0, 0.05) is 0 Å². The van der Waals surface area contributed by atoms with Crippen LogP contribution in [0.4, 0.5) is 4.39 Å². The molecular weight excluding hydrogens is 275 g/mol. The SMILES string of the molecule is COc1cnc(C(Cc2ccccc2F)NN)c(OC)n1. The molecule has 1 atom stereocenters. The molecule has 0 saturated carbocycles. The molecule has 1 heterocycles. The third-order valence-electron chi connectivity index (χ3n) is 3.06. The first-order chi connectivity index (χ1) is 10.2. The van der Waals surface area contributed by atoms with Gasteiger partial charge in [-0.3, -0.25) is 11.3 Å². The summed E-state index contributed by atoms with van der Waals surface area (Å²) in [6, 6.07) is 6.07. The molecule has 0 aliphatic rings. The van der Waals surface area contributed by atoms with E-state index in [9.17, 15) is 4.39 Å². The van der Waals surface area contributed by atoms with Gasteiger partial charge in [0.2, 0.25) is 11.8 Å². The second-order valence-electron chi connectivity index (χ2n) is 4.32. The number of hydrazine groups is 1. The Labute approximate surface area is 122 Å². The van der Waals surface area contributed by atoms with Crippen molar-refractivity contribution in [2.45, 2.75) is 12.5 Å². The summed E-state index contributed by atoms with van der Waals surface area (Å²) < 4.78 is 23.9. The summed E-state index contributed by atoms with van der Waals surface area (Å²) in [5.41, 5.74) is 3.63. The molecule has 3 N–H and O–H groups in total. The lowest BCUT2D eigenvalue weighted by molar-refractivity contribution is 0.348. The van der Waals surface area contributed by atoms with E-state index in [1.807, 2.05) is 0 Å². The molecule has 0 saturated heterocycles. The minimum Gasteiger partial charge on any atom is -0.480 e. The number of hydrogen-bond donors (Lipinski definition) is 2. The van der Waals surface area contributed by atoms with E-state index in [0.717, 1.165) is 0 Å². The summed E-state index contributed by atoms with van der Waals surface area (Å²) in [4.78, 5) is 8.39. The molecule has 0 fully saturated rings. The first kappa shape index (κ1) is 15.1. The van der Waals surface area contributed by atoms with Crippen LogP contribution in [0.2, 0.25) is 0 Å². The van der Waals surface area contributed by atoms with Crippen molar-refractivity contribution in [3.63, 3.8) is 0 Å². The minimum atomic E-state index is -0.435. The highest BCUT2D eigenvalue weighted by Crippen LogP contribution is 2.26. The average Bonchev–Trinajstić information content (AvgIpc) is 2.53. The molecule has 2 aromatic rings. The maximum atomic E-state index is 13.7. The molecule has 0 amide bonds. The van der Waals surface area contributed by atoms with Crippen molar-refractivity contribution in [2.75, 3.05) is 14.2 Å². The van der Waals surface area contributed by atoms with Crippen LogP contribution in [-0.2, 0) is 6.42 Å². The fraction of sp³-hybridized carbons (Fsp3) is 0.286. The number of halogens is 1. The molecule has 1 aromatic carbocycles. The van der Waals surface area contributed by atoms with Crippen LogP contribution in [0.1, 0.15) is 17.3 Å². The Kier molecular flexibility index (Phi) is 5.02. The largest absolute Gasteiger partial charge is 0.480 e. The van der Waals surface area contributed by atoms with Gasteiger partial charge in [-0.05, 0) is 18.1 Å². The van der Waals surface area contributed by atoms with Crippen molar-refractivity contribution in [3.05, 3.63) is 47.5 Å². The van der Waals surface area contributed by atoms with Crippen LogP contribution in [0.25, 0.3) is 0 Å². The quantitative estimate of drug-likeness (QED) is 0.618. The Hall–Kier alpha value is -2.25. The predicted octanol–water partition coefficient (Wildman–Crippen LogP) is 1.38. The molecular formula is C14H17FN4O2. The van der Waals surface area contributed by atoms with Crippen molar-refractivity contribution in [3.8, 4) is 11.8 Å². The molecule has 7 heteroatoms. The van der Waals surface area contributed by atoms with E-state index in [2.05, 4.69) is 15.4 Å². The van der Waals surface area contributed by atoms with Gasteiger partial charge in [0.25, 0.3) is 0 Å². The van der Waals surface area contributed by atoms with Crippen LogP contribution >= 0.6 is 0 Å². The smallest absolute Gasteiger partial charge is 0.240 e. The van der Waals surface area contributed by atoms with E-state index < -0.39 is 6.04 Å². The van der Waals surface area contributed by atoms with Gasteiger partial charge < -0.3 is 9.47 Å². The summed E-state index contributed by atoms with van der Waals surface area (Å²) >= 11 is 0. The van der Waals surface area contributed by atoms with Crippen LogP contribution in [0.15, 0.2) is 30.5 Å². The fourth-order valence-electron chi connectivity index (χ4n) is 1.97. The lowest BCUT2D eigenvalue weighted by Crippen LogP contribution is -2.31. The third-order valence-corrected chi connectivity index (χ3v) is 3.06. The van der Waals surface area contributed by atoms with Gasteiger partial charge in [-0.25, -0.2) is 9.37 Å². The normalized spacial score (nSPS) is 12.0. The number of ether oxygens (including phenoxy) is 2. The highest BCUT2D eigenvalue weighted by atomic mass is 19.1. The van der Waals surface area contributed by atoms with E-state index >= 15 is 0 Å². The number of methoxy groups -OCH3 is 2. The summed E-state index contributed by atoms with van der Waals surface area (Å²) in [5.74, 6) is 5.89. The molecule has 0 aliphatic carbocycles. The highest BCUT2D eigenvalue weighted by molar-refractivity contribution is 5.28. The van der Waals surface area contributed by atoms with Gasteiger partial charge in [0.15, 0.2) is 0 Å². The second kappa shape index (κ2) is 6.96. The molecule has 0 spiro atoms. The summed E-state index contributed by atoms with van der Waals surface area (Å²) in [5, 5.41) is 0. The Morgan fingerprint density at radius 3 is 2.67 bits per heavy atom. The first-order valence-electron chi connectivity index (χ1n) is 6.34. The predicted molar refractivity (Wildman–Crippen MR) is 75.3 cm³/mol. The topological polar surface area (TPSA) is 82.3 Å². The zero-order chi connectivity index (χ0) is 15.2. The van der Waals surface area contributed by atoms with Crippen molar-refractivity contribution in [2.24, 2.45) is 5.84 Å². The fourth-order valence-corrected chi connectivity index (χ4v) is 1.97. The van der Waals surface area contributed by atoms with Gasteiger partial charge >= 0.3 is 0 Å². The Morgan fingerprint density at radius 2 is 2.05 bits per heavy atom. The molecule has 0 aliphatic heterocycles. The number of aromatic nitrogens is 2. The lowest BCUT2D eigenvalue weighted by Gasteiger charge is -2.18. The van der Waals surface area contributed by atoms with Crippen molar-refractivity contribution >= 4 is 0 Å². The van der Waals surface area contributed by atoms with E-state index in [1.165, 1.54) is 26.5 Å². The molecule has 2 rings (SSSR count). The van der Waals surface area contributed by atoms with Crippen LogP contribution < -0.4 is 20.7 Å². The number of nitrogens with one attached hydrogen (secondary N) is 1. The lowest BCUT2D eigenvalue weighted by atomic mass is 10.0. The molecule has 0 bridgehead atoms. The number of nitrogens with two attached hydrogens (primary N) is 1. The Balaban J connectivity index is 2.31. The zero-order valence-corrected chi connectivity index (χ0v) is 11.8. The maximum absolute atomic E-state index is 13.7. The van der Waals surface area contributed by atoms with Gasteiger partial charge in [0.05, 0.1) is 26.5 Å². The van der Waals surface area contributed by atoms with Gasteiger partial charge in [0.1, 0.15) is 11.5 Å². The monoisotopic (exact) mass is 292 g/mol. The molecule has 21 heavy (non-hydrogen) atoms. The van der Waals surface area contributed by atoms with Crippen molar-refractivity contribution < 1.29 is 13.9 Å². The summed E-state index contributed by atoms with van der Waals surface area (Å²) in [7, 11) is 2.96. The van der Waals surface area contributed by atoms with Gasteiger partial charge in [-0.1, -0.05) is 18.2 Å². The molecule has 1 aromatic heterocycles. The number of hydrogen-bond acceptors (Lipinski definition) is 6. The standard InChI is InChI=1S/C14H17FN4O2/c1-20-12-8-17-13(14(18-12)21-2)11(19-16)7-9-5-3-4-6-10(9)15/h3-6,8,11,19H,7,16H2,1-2H3. The van der Waals surface area contributed by atoms with E-state index in [4.69, 9.17) is 15.3 Å². The third kappa shape index (κ3) is 3.45. The number of benzene rings is 1. The van der Waals surface area contributed by atoms with Crippen molar-refractivity contribution in [1.82, 2.24) is 15.4 Å². The van der Waals surface area contributed by atoms with Crippen molar-refractivity contribution in [1.29, 1.82) is 0 Å². The summed E-state index contributed by atoms with van der Waals surface area (Å²) in [6.45, 7) is 0. The Bertz CT molecular complexity index is 609. The Morgan fingerprint density at radius 1 is 1.29 bits per heavy atom. The zero-order valence-electron chi connectivity index (χ0n) is 11.8. The molecule has 112 valence electrons. The van der Waals surface area contributed by atoms with Crippen LogP contribution in [-0.4, -0.2) is 24.2 Å². The van der Waals surface area contributed by atoms with E-state index in [0.29, 0.717) is 23.6 Å². The van der Waals surface area contributed by atoms with E-state index in [1.54, 1.807) is 18.2 Å². The summed E-state index contributed by atoms with van der Waals surface area (Å²) in [6.07, 6.45) is 1.78. The first-order valence-corrected chi connectivity index (χ1v) is 6.34. The van der Waals surface area contributed by atoms with Gasteiger partial charge in [-0.15, -0.1) is 0 Å². The highest BCUT2D eigenvalue weighted by Gasteiger charge is 2.20. The molecule has 1 unspecified atom stereocenters. The maximum Gasteiger partial charge on any atom is 0.240 e.